The van der Waals surface area contributed by atoms with Gasteiger partial charge in [0, 0.05) is 13.6 Å². The number of hydrogen-bond donors (Lipinski definition) is 2. The highest BCUT2D eigenvalue weighted by molar-refractivity contribution is 5.92. The first-order valence-corrected chi connectivity index (χ1v) is 6.27. The zero-order valence-electron chi connectivity index (χ0n) is 12.1. The molecule has 0 aliphatic heterocycles. The largest absolute Gasteiger partial charge is 0.493 e. The third kappa shape index (κ3) is 3.07. The van der Waals surface area contributed by atoms with Crippen molar-refractivity contribution in [3.63, 3.8) is 0 Å². The van der Waals surface area contributed by atoms with Gasteiger partial charge in [-0.2, -0.15) is 5.10 Å². The van der Waals surface area contributed by atoms with Crippen LogP contribution in [0.25, 0.3) is 0 Å². The second kappa shape index (κ2) is 6.17. The molecule has 0 saturated heterocycles. The van der Waals surface area contributed by atoms with Crippen LogP contribution >= 0.6 is 0 Å². The van der Waals surface area contributed by atoms with Gasteiger partial charge in [-0.15, -0.1) is 0 Å². The molecule has 0 fully saturated rings. The van der Waals surface area contributed by atoms with Gasteiger partial charge in [-0.1, -0.05) is 6.07 Å². The van der Waals surface area contributed by atoms with Crippen LogP contribution in [0.15, 0.2) is 24.4 Å². The Hall–Kier alpha value is -2.70. The summed E-state index contributed by atoms with van der Waals surface area (Å²) in [5.41, 5.74) is 1.53. The van der Waals surface area contributed by atoms with E-state index in [0.29, 0.717) is 23.7 Å². The van der Waals surface area contributed by atoms with E-state index >= 15 is 0 Å². The summed E-state index contributed by atoms with van der Waals surface area (Å²) in [5, 5.41) is 16.1. The number of nitrogens with zero attached hydrogens (tertiary/aromatic N) is 2. The van der Waals surface area contributed by atoms with E-state index in [-0.39, 0.29) is 5.69 Å². The highest BCUT2D eigenvalue weighted by atomic mass is 16.5. The molecule has 112 valence electrons. The molecule has 1 heterocycles. The molecule has 7 nitrogen and oxygen atoms in total. The molecular weight excluding hydrogens is 274 g/mol. The van der Waals surface area contributed by atoms with Crippen molar-refractivity contribution in [1.29, 1.82) is 0 Å². The minimum absolute atomic E-state index is 0.121. The SMILES string of the molecule is COc1ccc(CNc2cnn(C)c2C(=O)O)cc1OC. The van der Waals surface area contributed by atoms with Gasteiger partial charge >= 0.3 is 5.97 Å². The van der Waals surface area contributed by atoms with E-state index < -0.39 is 5.97 Å². The van der Waals surface area contributed by atoms with Gasteiger partial charge < -0.3 is 19.9 Å². The highest BCUT2D eigenvalue weighted by Gasteiger charge is 2.15. The number of aromatic carboxylic acids is 1. The first kappa shape index (κ1) is 14.7. The fraction of sp³-hybridized carbons (Fsp3) is 0.286. The number of anilines is 1. The predicted molar refractivity (Wildman–Crippen MR) is 77.0 cm³/mol. The molecule has 2 aromatic rings. The second-order valence-electron chi connectivity index (χ2n) is 4.38. The maximum atomic E-state index is 11.2. The molecule has 0 bridgehead atoms. The normalized spacial score (nSPS) is 10.2. The molecule has 0 spiro atoms. The van der Waals surface area contributed by atoms with Gasteiger partial charge in [0.1, 0.15) is 0 Å². The summed E-state index contributed by atoms with van der Waals surface area (Å²) in [4.78, 5) is 11.2. The maximum Gasteiger partial charge on any atom is 0.356 e. The van der Waals surface area contributed by atoms with Crippen molar-refractivity contribution in [2.24, 2.45) is 7.05 Å². The minimum atomic E-state index is -1.02. The molecule has 7 heteroatoms. The zero-order chi connectivity index (χ0) is 15.4. The lowest BCUT2D eigenvalue weighted by Crippen LogP contribution is -2.09. The Balaban J connectivity index is 2.15. The van der Waals surface area contributed by atoms with Crippen LogP contribution < -0.4 is 14.8 Å². The quantitative estimate of drug-likeness (QED) is 0.843. The summed E-state index contributed by atoms with van der Waals surface area (Å²) >= 11 is 0. The average Bonchev–Trinajstić information content (AvgIpc) is 2.85. The van der Waals surface area contributed by atoms with Crippen LogP contribution in [0.3, 0.4) is 0 Å². The van der Waals surface area contributed by atoms with Crippen LogP contribution in [-0.2, 0) is 13.6 Å². The van der Waals surface area contributed by atoms with E-state index in [2.05, 4.69) is 10.4 Å². The van der Waals surface area contributed by atoms with Gasteiger partial charge in [-0.3, -0.25) is 4.68 Å². The number of hydrogen-bond acceptors (Lipinski definition) is 5. The lowest BCUT2D eigenvalue weighted by Gasteiger charge is -2.10. The standard InChI is InChI=1S/C14H17N3O4/c1-17-13(14(18)19)10(8-16-17)15-7-9-4-5-11(20-2)12(6-9)21-3/h4-6,8,15H,7H2,1-3H3,(H,18,19). The molecule has 21 heavy (non-hydrogen) atoms. The van der Waals surface area contributed by atoms with Crippen molar-refractivity contribution in [2.45, 2.75) is 6.54 Å². The van der Waals surface area contributed by atoms with E-state index in [1.165, 1.54) is 10.9 Å². The Labute approximate surface area is 122 Å². The van der Waals surface area contributed by atoms with Crippen molar-refractivity contribution in [2.75, 3.05) is 19.5 Å². The van der Waals surface area contributed by atoms with Crippen molar-refractivity contribution in [1.82, 2.24) is 9.78 Å². The molecular formula is C14H17N3O4. The number of methoxy groups -OCH3 is 2. The molecule has 0 amide bonds. The number of benzene rings is 1. The van der Waals surface area contributed by atoms with Crippen LogP contribution in [0.1, 0.15) is 16.1 Å². The van der Waals surface area contributed by atoms with Gasteiger partial charge in [0.25, 0.3) is 0 Å². The summed E-state index contributed by atoms with van der Waals surface area (Å²) in [6.45, 7) is 0.451. The number of rotatable bonds is 6. The summed E-state index contributed by atoms with van der Waals surface area (Å²) in [6.07, 6.45) is 1.49. The number of carbonyl (C=O) groups is 1. The fourth-order valence-corrected chi connectivity index (χ4v) is 2.01. The molecule has 1 aromatic heterocycles. The molecule has 0 aliphatic carbocycles. The summed E-state index contributed by atoms with van der Waals surface area (Å²) < 4.78 is 11.7. The molecule has 2 N–H and O–H groups in total. The van der Waals surface area contributed by atoms with Crippen molar-refractivity contribution >= 4 is 11.7 Å². The maximum absolute atomic E-state index is 11.2. The number of carboxylic acids is 1. The Bertz CT molecular complexity index is 652. The predicted octanol–water partition coefficient (Wildman–Crippen LogP) is 1.75. The zero-order valence-corrected chi connectivity index (χ0v) is 12.1. The number of aromatic nitrogens is 2. The number of ether oxygens (including phenoxy) is 2. The van der Waals surface area contributed by atoms with Crippen LogP contribution in [0.5, 0.6) is 11.5 Å². The summed E-state index contributed by atoms with van der Waals surface area (Å²) in [6, 6.07) is 5.52. The van der Waals surface area contributed by atoms with Gasteiger partial charge in [0.05, 0.1) is 26.1 Å². The smallest absolute Gasteiger partial charge is 0.356 e. The highest BCUT2D eigenvalue weighted by Crippen LogP contribution is 2.28. The van der Waals surface area contributed by atoms with Crippen LogP contribution in [0.2, 0.25) is 0 Å². The summed E-state index contributed by atoms with van der Waals surface area (Å²) in [7, 11) is 4.73. The third-order valence-electron chi connectivity index (χ3n) is 3.07. The fourth-order valence-electron chi connectivity index (χ4n) is 2.01. The number of carboxylic acid groups (broad SMARTS) is 1. The topological polar surface area (TPSA) is 85.6 Å². The Morgan fingerprint density at radius 1 is 1.33 bits per heavy atom. The van der Waals surface area contributed by atoms with Crippen molar-refractivity contribution < 1.29 is 19.4 Å². The van der Waals surface area contributed by atoms with Crippen LogP contribution in [0, 0.1) is 0 Å². The van der Waals surface area contributed by atoms with Gasteiger partial charge in [-0.05, 0) is 17.7 Å². The van der Waals surface area contributed by atoms with E-state index in [1.807, 2.05) is 12.1 Å². The van der Waals surface area contributed by atoms with Crippen molar-refractivity contribution in [3.8, 4) is 11.5 Å². The molecule has 0 aliphatic rings. The molecule has 0 atom stereocenters. The molecule has 0 radical (unpaired) electrons. The third-order valence-corrected chi connectivity index (χ3v) is 3.07. The van der Waals surface area contributed by atoms with Gasteiger partial charge in [-0.25, -0.2) is 4.79 Å². The lowest BCUT2D eigenvalue weighted by atomic mass is 10.2. The monoisotopic (exact) mass is 291 g/mol. The Kier molecular flexibility index (Phi) is 4.32. The van der Waals surface area contributed by atoms with E-state index in [4.69, 9.17) is 14.6 Å². The molecule has 0 saturated carbocycles. The minimum Gasteiger partial charge on any atom is -0.493 e. The second-order valence-corrected chi connectivity index (χ2v) is 4.38. The van der Waals surface area contributed by atoms with Crippen molar-refractivity contribution in [3.05, 3.63) is 35.7 Å². The first-order valence-electron chi connectivity index (χ1n) is 6.27. The molecule has 2 rings (SSSR count). The average molecular weight is 291 g/mol. The Morgan fingerprint density at radius 3 is 2.67 bits per heavy atom. The van der Waals surface area contributed by atoms with E-state index in [1.54, 1.807) is 27.3 Å². The molecule has 1 aromatic carbocycles. The first-order chi connectivity index (χ1) is 10.1. The van der Waals surface area contributed by atoms with Crippen LogP contribution in [-0.4, -0.2) is 35.1 Å². The van der Waals surface area contributed by atoms with Gasteiger partial charge in [0.2, 0.25) is 0 Å². The van der Waals surface area contributed by atoms with Gasteiger partial charge in [0.15, 0.2) is 17.2 Å². The Morgan fingerprint density at radius 2 is 2.05 bits per heavy atom. The number of aryl methyl sites for hydroxylation is 1. The lowest BCUT2D eigenvalue weighted by molar-refractivity contribution is 0.0686. The van der Waals surface area contributed by atoms with E-state index in [0.717, 1.165) is 5.56 Å². The number of nitrogens with one attached hydrogen (secondary N) is 1. The van der Waals surface area contributed by atoms with E-state index in [9.17, 15) is 4.79 Å². The summed E-state index contributed by atoms with van der Waals surface area (Å²) in [5.74, 6) is 0.250. The van der Waals surface area contributed by atoms with Crippen LogP contribution in [0.4, 0.5) is 5.69 Å². The molecule has 0 unspecified atom stereocenters.